The van der Waals surface area contributed by atoms with Crippen LogP contribution in [0, 0.1) is 6.92 Å². The average Bonchev–Trinajstić information content (AvgIpc) is 2.43. The van der Waals surface area contributed by atoms with Gasteiger partial charge in [0.2, 0.25) is 0 Å². The third-order valence-corrected chi connectivity index (χ3v) is 2.52. The molecule has 1 rings (SSSR count). The number of aromatic nitrogens is 2. The first-order valence-electron chi connectivity index (χ1n) is 5.76. The van der Waals surface area contributed by atoms with Gasteiger partial charge < -0.3 is 16.0 Å². The third-order valence-electron chi connectivity index (χ3n) is 2.52. The van der Waals surface area contributed by atoms with Crippen LogP contribution in [-0.2, 0) is 7.05 Å². The summed E-state index contributed by atoms with van der Waals surface area (Å²) in [5.41, 5.74) is 11.8. The van der Waals surface area contributed by atoms with Gasteiger partial charge >= 0.3 is 0 Å². The summed E-state index contributed by atoms with van der Waals surface area (Å²) in [6, 6.07) is 0. The molecule has 0 saturated heterocycles. The molecule has 0 unspecified atom stereocenters. The van der Waals surface area contributed by atoms with Crippen molar-refractivity contribution in [2.75, 3.05) is 0 Å². The van der Waals surface area contributed by atoms with Gasteiger partial charge in [0, 0.05) is 18.7 Å². The van der Waals surface area contributed by atoms with Crippen LogP contribution in [0.15, 0.2) is 0 Å². The number of hydrogen-bond donors (Lipinski definition) is 2. The van der Waals surface area contributed by atoms with Gasteiger partial charge in [-0.1, -0.05) is 27.7 Å². The SMILES string of the molecule is Cc1c(C(C)C)nc(C(C)C)n1C.NC(N)=S. The molecule has 0 aliphatic rings. The van der Waals surface area contributed by atoms with Gasteiger partial charge in [-0.3, -0.25) is 0 Å². The van der Waals surface area contributed by atoms with E-state index >= 15 is 0 Å². The molecular formula is C12H24N4S. The highest BCUT2D eigenvalue weighted by molar-refractivity contribution is 7.80. The monoisotopic (exact) mass is 256 g/mol. The molecule has 0 aromatic carbocycles. The minimum Gasteiger partial charge on any atom is -0.377 e. The summed E-state index contributed by atoms with van der Waals surface area (Å²) in [6.45, 7) is 10.9. The third kappa shape index (κ3) is 4.73. The predicted octanol–water partition coefficient (Wildman–Crippen LogP) is 2.16. The van der Waals surface area contributed by atoms with Gasteiger partial charge in [-0.05, 0) is 25.1 Å². The van der Waals surface area contributed by atoms with E-state index in [0.717, 1.165) is 0 Å². The Labute approximate surface area is 109 Å². The highest BCUT2D eigenvalue weighted by Crippen LogP contribution is 2.22. The molecule has 0 amide bonds. The van der Waals surface area contributed by atoms with Crippen LogP contribution in [-0.4, -0.2) is 14.7 Å². The van der Waals surface area contributed by atoms with E-state index in [1.54, 1.807) is 0 Å². The molecule has 4 N–H and O–H groups in total. The van der Waals surface area contributed by atoms with Gasteiger partial charge in [0.15, 0.2) is 5.11 Å². The summed E-state index contributed by atoms with van der Waals surface area (Å²) in [5.74, 6) is 2.23. The van der Waals surface area contributed by atoms with E-state index in [9.17, 15) is 0 Å². The van der Waals surface area contributed by atoms with Crippen molar-refractivity contribution in [3.8, 4) is 0 Å². The van der Waals surface area contributed by atoms with Crippen LogP contribution in [0.1, 0.15) is 56.7 Å². The largest absolute Gasteiger partial charge is 0.377 e. The van der Waals surface area contributed by atoms with Crippen LogP contribution in [0.2, 0.25) is 0 Å². The number of rotatable bonds is 2. The fourth-order valence-electron chi connectivity index (χ4n) is 1.69. The lowest BCUT2D eigenvalue weighted by Gasteiger charge is -2.05. The van der Waals surface area contributed by atoms with Crippen molar-refractivity contribution in [3.05, 3.63) is 17.2 Å². The second-order valence-electron chi connectivity index (χ2n) is 4.71. The minimum atomic E-state index is 0.000000000000000222. The summed E-state index contributed by atoms with van der Waals surface area (Å²) in [4.78, 5) is 4.67. The van der Waals surface area contributed by atoms with E-state index < -0.39 is 0 Å². The van der Waals surface area contributed by atoms with Gasteiger partial charge in [0.1, 0.15) is 5.82 Å². The fraction of sp³-hybridized carbons (Fsp3) is 0.667. The van der Waals surface area contributed by atoms with Crippen LogP contribution in [0.5, 0.6) is 0 Å². The lowest BCUT2D eigenvalue weighted by atomic mass is 10.1. The molecule has 1 aromatic rings. The summed E-state index contributed by atoms with van der Waals surface area (Å²) in [6.07, 6.45) is 0. The molecule has 1 heterocycles. The Bertz CT molecular complexity index is 348. The smallest absolute Gasteiger partial charge is 0.160 e. The second kappa shape index (κ2) is 6.59. The van der Waals surface area contributed by atoms with Crippen LogP contribution >= 0.6 is 12.2 Å². The highest BCUT2D eigenvalue weighted by atomic mass is 32.1. The molecule has 1 aromatic heterocycles. The maximum atomic E-state index is 4.67. The van der Waals surface area contributed by atoms with Crippen LogP contribution in [0.3, 0.4) is 0 Å². The molecule has 98 valence electrons. The standard InChI is InChI=1S/C11H20N2.CH4N2S/c1-7(2)10-9(5)13(6)11(12-10)8(3)4;2-1(3)4/h7-8H,1-6H3;(H4,2,3,4). The lowest BCUT2D eigenvalue weighted by molar-refractivity contribution is 0.700. The van der Waals surface area contributed by atoms with Crippen molar-refractivity contribution in [2.45, 2.75) is 46.5 Å². The van der Waals surface area contributed by atoms with Crippen molar-refractivity contribution in [2.24, 2.45) is 18.5 Å². The number of hydrogen-bond acceptors (Lipinski definition) is 2. The van der Waals surface area contributed by atoms with Gasteiger partial charge in [-0.15, -0.1) is 0 Å². The molecule has 0 aliphatic heterocycles. The highest BCUT2D eigenvalue weighted by Gasteiger charge is 2.15. The molecule has 0 atom stereocenters. The maximum absolute atomic E-state index is 4.67. The van der Waals surface area contributed by atoms with Crippen molar-refractivity contribution < 1.29 is 0 Å². The molecule has 17 heavy (non-hydrogen) atoms. The molecular weight excluding hydrogens is 232 g/mol. The van der Waals surface area contributed by atoms with E-state index in [-0.39, 0.29) is 5.11 Å². The van der Waals surface area contributed by atoms with Gasteiger partial charge in [-0.2, -0.15) is 0 Å². The van der Waals surface area contributed by atoms with E-state index in [1.807, 2.05) is 0 Å². The van der Waals surface area contributed by atoms with Gasteiger partial charge in [0.05, 0.1) is 5.69 Å². The molecule has 0 spiro atoms. The van der Waals surface area contributed by atoms with E-state index in [0.29, 0.717) is 11.8 Å². The molecule has 0 saturated carbocycles. The number of imidazole rings is 1. The minimum absolute atomic E-state index is 0.000000000000000222. The van der Waals surface area contributed by atoms with Gasteiger partial charge in [0.25, 0.3) is 0 Å². The van der Waals surface area contributed by atoms with Crippen molar-refractivity contribution in [3.63, 3.8) is 0 Å². The zero-order chi connectivity index (χ0) is 13.7. The average molecular weight is 256 g/mol. The molecule has 0 aliphatic carbocycles. The number of nitrogens with zero attached hydrogens (tertiary/aromatic N) is 2. The zero-order valence-electron chi connectivity index (χ0n) is 11.6. The Morgan fingerprint density at radius 1 is 1.18 bits per heavy atom. The first-order chi connectivity index (χ1) is 7.68. The van der Waals surface area contributed by atoms with Crippen LogP contribution < -0.4 is 11.5 Å². The summed E-state index contributed by atoms with van der Waals surface area (Å²) in [5, 5.41) is 0.000000000000000222. The molecule has 0 bridgehead atoms. The van der Waals surface area contributed by atoms with Crippen LogP contribution in [0.4, 0.5) is 0 Å². The quantitative estimate of drug-likeness (QED) is 0.796. The topological polar surface area (TPSA) is 69.9 Å². The zero-order valence-corrected chi connectivity index (χ0v) is 12.4. The van der Waals surface area contributed by atoms with Gasteiger partial charge in [-0.25, -0.2) is 4.98 Å². The predicted molar refractivity (Wildman–Crippen MR) is 77.1 cm³/mol. The summed E-state index contributed by atoms with van der Waals surface area (Å²) in [7, 11) is 2.10. The Hall–Kier alpha value is -1.10. The first kappa shape index (κ1) is 15.9. The van der Waals surface area contributed by atoms with E-state index in [2.05, 4.69) is 74.9 Å². The maximum Gasteiger partial charge on any atom is 0.160 e. The molecule has 0 fully saturated rings. The first-order valence-corrected chi connectivity index (χ1v) is 6.17. The Kier molecular flexibility index (Phi) is 6.16. The number of nitrogens with two attached hydrogens (primary N) is 2. The Balaban J connectivity index is 0.000000557. The fourth-order valence-corrected chi connectivity index (χ4v) is 1.69. The Morgan fingerprint density at radius 3 is 1.76 bits per heavy atom. The van der Waals surface area contributed by atoms with Crippen molar-refractivity contribution >= 4 is 17.3 Å². The number of thiocarbonyl (C=S) groups is 1. The molecule has 4 nitrogen and oxygen atoms in total. The summed E-state index contributed by atoms with van der Waals surface area (Å²) < 4.78 is 2.21. The molecule has 5 heteroatoms. The van der Waals surface area contributed by atoms with E-state index in [1.165, 1.54) is 17.2 Å². The van der Waals surface area contributed by atoms with Crippen LogP contribution in [0.25, 0.3) is 0 Å². The lowest BCUT2D eigenvalue weighted by Crippen LogP contribution is -2.18. The molecule has 0 radical (unpaired) electrons. The van der Waals surface area contributed by atoms with Crippen molar-refractivity contribution in [1.29, 1.82) is 0 Å². The Morgan fingerprint density at radius 2 is 1.59 bits per heavy atom. The van der Waals surface area contributed by atoms with E-state index in [4.69, 9.17) is 0 Å². The summed E-state index contributed by atoms with van der Waals surface area (Å²) >= 11 is 4.09. The van der Waals surface area contributed by atoms with Crippen molar-refractivity contribution in [1.82, 2.24) is 9.55 Å². The second-order valence-corrected chi connectivity index (χ2v) is 5.18. The normalized spacial score (nSPS) is 10.4.